The number of nitrogen functional groups attached to an aromatic ring is 1. The van der Waals surface area contributed by atoms with Gasteiger partial charge in [0.15, 0.2) is 5.13 Å². The molecule has 0 bridgehead atoms. The number of aromatic nitrogens is 1. The van der Waals surface area contributed by atoms with E-state index in [2.05, 4.69) is 10.3 Å². The lowest BCUT2D eigenvalue weighted by atomic mass is 10.3. The van der Waals surface area contributed by atoms with Gasteiger partial charge in [-0.25, -0.2) is 4.98 Å². The van der Waals surface area contributed by atoms with E-state index in [0.717, 1.165) is 18.0 Å². The Morgan fingerprint density at radius 1 is 1.59 bits per heavy atom. The second-order valence-corrected chi connectivity index (χ2v) is 7.17. The summed E-state index contributed by atoms with van der Waals surface area (Å²) in [6.45, 7) is 0.760. The Hall–Kier alpha value is -0.400. The normalized spacial score (nSPS) is 20.1. The van der Waals surface area contributed by atoms with Crippen molar-refractivity contribution in [1.82, 2.24) is 10.3 Å². The molecule has 0 aromatic carbocycles. The summed E-state index contributed by atoms with van der Waals surface area (Å²) in [4.78, 5) is 15.7. The van der Waals surface area contributed by atoms with Gasteiger partial charge >= 0.3 is 0 Å². The standard InChI is InChI=1S/C10H15N3OS3/c11-10-13-7(5-17-10)3-9(14)12-4-8-6-15-1-2-16-8/h5,8H,1-4,6H2,(H2,11,13)(H,12,14). The van der Waals surface area contributed by atoms with E-state index < -0.39 is 0 Å². The Kier molecular flexibility index (Phi) is 4.99. The lowest BCUT2D eigenvalue weighted by molar-refractivity contribution is -0.120. The monoisotopic (exact) mass is 289 g/mol. The second-order valence-electron chi connectivity index (χ2n) is 3.73. The van der Waals surface area contributed by atoms with Gasteiger partial charge in [0.25, 0.3) is 0 Å². The summed E-state index contributed by atoms with van der Waals surface area (Å²) in [7, 11) is 0. The number of thioether (sulfide) groups is 2. The van der Waals surface area contributed by atoms with E-state index in [-0.39, 0.29) is 5.91 Å². The maximum Gasteiger partial charge on any atom is 0.226 e. The lowest BCUT2D eigenvalue weighted by Gasteiger charge is -2.20. The van der Waals surface area contributed by atoms with Crippen LogP contribution in [0.3, 0.4) is 0 Å². The number of amides is 1. The van der Waals surface area contributed by atoms with Crippen molar-refractivity contribution < 1.29 is 4.79 Å². The van der Waals surface area contributed by atoms with Gasteiger partial charge in [0.05, 0.1) is 12.1 Å². The number of anilines is 1. The van der Waals surface area contributed by atoms with Crippen LogP contribution in [0.25, 0.3) is 0 Å². The van der Waals surface area contributed by atoms with E-state index in [0.29, 0.717) is 16.8 Å². The van der Waals surface area contributed by atoms with Crippen LogP contribution in [0.2, 0.25) is 0 Å². The van der Waals surface area contributed by atoms with Crippen LogP contribution >= 0.6 is 34.9 Å². The van der Waals surface area contributed by atoms with Crippen LogP contribution in [0.5, 0.6) is 0 Å². The third-order valence-electron chi connectivity index (χ3n) is 2.32. The van der Waals surface area contributed by atoms with Crippen molar-refractivity contribution in [3.63, 3.8) is 0 Å². The van der Waals surface area contributed by atoms with Crippen molar-refractivity contribution in [2.45, 2.75) is 11.7 Å². The fourth-order valence-corrected chi connectivity index (χ4v) is 4.69. The molecule has 1 unspecified atom stereocenters. The molecule has 3 N–H and O–H groups in total. The maximum absolute atomic E-state index is 11.7. The zero-order valence-electron chi connectivity index (χ0n) is 9.35. The van der Waals surface area contributed by atoms with Gasteiger partial charge < -0.3 is 11.1 Å². The zero-order chi connectivity index (χ0) is 12.1. The molecule has 94 valence electrons. The maximum atomic E-state index is 11.7. The van der Waals surface area contributed by atoms with Crippen LogP contribution in [0.15, 0.2) is 5.38 Å². The minimum Gasteiger partial charge on any atom is -0.375 e. The number of rotatable bonds is 4. The van der Waals surface area contributed by atoms with Gasteiger partial charge in [-0.1, -0.05) is 0 Å². The molecule has 1 amide bonds. The Balaban J connectivity index is 1.70. The topological polar surface area (TPSA) is 68.0 Å². The highest BCUT2D eigenvalue weighted by Crippen LogP contribution is 2.23. The third kappa shape index (κ3) is 4.40. The zero-order valence-corrected chi connectivity index (χ0v) is 11.8. The predicted molar refractivity (Wildman–Crippen MR) is 76.8 cm³/mol. The number of carbonyl (C=O) groups excluding carboxylic acids is 1. The van der Waals surface area contributed by atoms with E-state index >= 15 is 0 Å². The molecule has 1 atom stereocenters. The van der Waals surface area contributed by atoms with Gasteiger partial charge in [0.2, 0.25) is 5.91 Å². The van der Waals surface area contributed by atoms with Crippen LogP contribution in [0, 0.1) is 0 Å². The SMILES string of the molecule is Nc1nc(CC(=O)NCC2CSCCS2)cs1. The van der Waals surface area contributed by atoms with Gasteiger partial charge in [-0.3, -0.25) is 4.79 Å². The summed E-state index contributed by atoms with van der Waals surface area (Å²) in [5.74, 6) is 3.58. The molecule has 4 nitrogen and oxygen atoms in total. The Labute approximate surface area is 113 Å². The van der Waals surface area contributed by atoms with Crippen LogP contribution in [-0.2, 0) is 11.2 Å². The Morgan fingerprint density at radius 2 is 2.47 bits per heavy atom. The second kappa shape index (κ2) is 6.51. The first-order chi connectivity index (χ1) is 8.24. The average molecular weight is 289 g/mol. The van der Waals surface area contributed by atoms with Gasteiger partial charge in [0, 0.05) is 34.4 Å². The molecule has 0 aliphatic carbocycles. The average Bonchev–Trinajstić information content (AvgIpc) is 2.73. The summed E-state index contributed by atoms with van der Waals surface area (Å²) in [6, 6.07) is 0. The number of nitrogens with two attached hydrogens (primary N) is 1. The van der Waals surface area contributed by atoms with Crippen molar-refractivity contribution in [1.29, 1.82) is 0 Å². The molecule has 1 aromatic heterocycles. The van der Waals surface area contributed by atoms with E-state index in [1.807, 2.05) is 28.9 Å². The Morgan fingerprint density at radius 3 is 3.12 bits per heavy atom. The lowest BCUT2D eigenvalue weighted by Crippen LogP contribution is -2.34. The quantitative estimate of drug-likeness (QED) is 0.872. The van der Waals surface area contributed by atoms with Crippen molar-refractivity contribution in [2.24, 2.45) is 0 Å². The number of nitrogens with zero attached hydrogens (tertiary/aromatic N) is 1. The summed E-state index contributed by atoms with van der Waals surface area (Å²) in [5, 5.41) is 5.87. The first-order valence-corrected chi connectivity index (χ1v) is 8.48. The Bertz CT molecular complexity index is 377. The predicted octanol–water partition coefficient (Wildman–Crippen LogP) is 1.23. The first-order valence-electron chi connectivity index (χ1n) is 5.40. The van der Waals surface area contributed by atoms with Crippen molar-refractivity contribution in [3.05, 3.63) is 11.1 Å². The van der Waals surface area contributed by atoms with Crippen LogP contribution in [-0.4, -0.2) is 39.9 Å². The van der Waals surface area contributed by atoms with Gasteiger partial charge in [0.1, 0.15) is 0 Å². The van der Waals surface area contributed by atoms with Gasteiger partial charge in [-0.15, -0.1) is 11.3 Å². The largest absolute Gasteiger partial charge is 0.375 e. The summed E-state index contributed by atoms with van der Waals surface area (Å²) < 4.78 is 0. The molecule has 0 radical (unpaired) electrons. The highest BCUT2D eigenvalue weighted by atomic mass is 32.2. The number of nitrogens with one attached hydrogen (secondary N) is 1. The van der Waals surface area contributed by atoms with Crippen LogP contribution in [0.4, 0.5) is 5.13 Å². The molecule has 0 spiro atoms. The molecule has 0 saturated carbocycles. The molecular formula is C10H15N3OS3. The summed E-state index contributed by atoms with van der Waals surface area (Å²) >= 11 is 5.28. The van der Waals surface area contributed by atoms with E-state index in [9.17, 15) is 4.79 Å². The molecule has 2 heterocycles. The minimum atomic E-state index is 0.0338. The highest BCUT2D eigenvalue weighted by molar-refractivity contribution is 8.06. The molecule has 1 fully saturated rings. The smallest absolute Gasteiger partial charge is 0.226 e. The molecule has 1 aromatic rings. The van der Waals surface area contributed by atoms with Crippen LogP contribution < -0.4 is 11.1 Å². The van der Waals surface area contributed by atoms with E-state index in [4.69, 9.17) is 5.73 Å². The molecule has 1 aliphatic rings. The van der Waals surface area contributed by atoms with Crippen molar-refractivity contribution in [3.8, 4) is 0 Å². The summed E-state index contributed by atoms with van der Waals surface area (Å²) in [6.07, 6.45) is 0.332. The van der Waals surface area contributed by atoms with Gasteiger partial charge in [-0.2, -0.15) is 23.5 Å². The minimum absolute atomic E-state index is 0.0338. The number of carbonyl (C=O) groups is 1. The fourth-order valence-electron chi connectivity index (χ4n) is 1.51. The molecule has 1 saturated heterocycles. The molecule has 1 aliphatic heterocycles. The fraction of sp³-hybridized carbons (Fsp3) is 0.600. The number of thiazole rings is 1. The molecule has 17 heavy (non-hydrogen) atoms. The van der Waals surface area contributed by atoms with Crippen molar-refractivity contribution >= 4 is 45.9 Å². The van der Waals surface area contributed by atoms with E-state index in [1.165, 1.54) is 22.8 Å². The highest BCUT2D eigenvalue weighted by Gasteiger charge is 2.15. The molecule has 2 rings (SSSR count). The van der Waals surface area contributed by atoms with E-state index in [1.54, 1.807) is 0 Å². The van der Waals surface area contributed by atoms with Gasteiger partial charge in [-0.05, 0) is 0 Å². The first kappa shape index (κ1) is 13.0. The number of hydrogen-bond donors (Lipinski definition) is 2. The number of hydrogen-bond acceptors (Lipinski definition) is 6. The van der Waals surface area contributed by atoms with Crippen LogP contribution in [0.1, 0.15) is 5.69 Å². The molecular weight excluding hydrogens is 274 g/mol. The summed E-state index contributed by atoms with van der Waals surface area (Å²) in [5.41, 5.74) is 6.27. The third-order valence-corrected chi connectivity index (χ3v) is 5.89. The molecule has 7 heteroatoms. The van der Waals surface area contributed by atoms with Crippen molar-refractivity contribution in [2.75, 3.05) is 29.5 Å².